The molecular weight excluding hydrogens is 455 g/mol. The van der Waals surface area contributed by atoms with E-state index in [9.17, 15) is 9.18 Å². The zero-order valence-corrected chi connectivity index (χ0v) is 20.1. The molecule has 3 heterocycles. The Hall–Kier alpha value is -3.11. The summed E-state index contributed by atoms with van der Waals surface area (Å²) in [7, 11) is 0. The Balaban J connectivity index is 0.000000231. The van der Waals surface area contributed by atoms with Crippen LogP contribution in [-0.2, 0) is 22.4 Å². The summed E-state index contributed by atoms with van der Waals surface area (Å²) >= 11 is 1.70. The van der Waals surface area contributed by atoms with E-state index < -0.39 is 5.82 Å². The Morgan fingerprint density at radius 3 is 2.68 bits per heavy atom. The molecule has 8 nitrogen and oxygen atoms in total. The Kier molecular flexibility index (Phi) is 7.38. The average Bonchev–Trinajstić information content (AvgIpc) is 3.20. The van der Waals surface area contributed by atoms with E-state index >= 15 is 0 Å². The van der Waals surface area contributed by atoms with Crippen LogP contribution in [0.3, 0.4) is 0 Å². The van der Waals surface area contributed by atoms with E-state index in [1.807, 2.05) is 13.8 Å². The average molecular weight is 485 g/mol. The fourth-order valence-corrected chi connectivity index (χ4v) is 5.67. The number of thiophene rings is 1. The molecule has 0 bridgehead atoms. The molecule has 0 radical (unpaired) electrons. The molecule has 1 amide bonds. The van der Waals surface area contributed by atoms with E-state index in [0.717, 1.165) is 55.2 Å². The fourth-order valence-electron chi connectivity index (χ4n) is 4.44. The van der Waals surface area contributed by atoms with Gasteiger partial charge in [0.15, 0.2) is 0 Å². The van der Waals surface area contributed by atoms with Crippen LogP contribution >= 0.6 is 11.3 Å². The minimum Gasteiger partial charge on any atom is -0.398 e. The number of benzene rings is 1. The van der Waals surface area contributed by atoms with E-state index in [1.54, 1.807) is 16.2 Å². The van der Waals surface area contributed by atoms with Crippen molar-refractivity contribution in [2.45, 2.75) is 51.7 Å². The van der Waals surface area contributed by atoms with Crippen LogP contribution in [0.4, 0.5) is 21.6 Å². The molecule has 34 heavy (non-hydrogen) atoms. The lowest BCUT2D eigenvalue weighted by Crippen LogP contribution is -2.44. The van der Waals surface area contributed by atoms with Gasteiger partial charge in [-0.3, -0.25) is 4.79 Å². The molecule has 0 spiro atoms. The number of morpholine rings is 1. The van der Waals surface area contributed by atoms with Crippen molar-refractivity contribution >= 4 is 51.4 Å². The first-order chi connectivity index (χ1) is 16.4. The molecule has 3 aromatic rings. The highest BCUT2D eigenvalue weighted by molar-refractivity contribution is 7.19. The number of nitrogen functional groups attached to an aromatic ring is 1. The third-order valence-electron chi connectivity index (χ3n) is 5.93. The maximum Gasteiger partial charge on any atom is 0.209 e. The van der Waals surface area contributed by atoms with Gasteiger partial charge in [0, 0.05) is 35.4 Å². The lowest BCUT2D eigenvalue weighted by Gasteiger charge is -2.32. The summed E-state index contributed by atoms with van der Waals surface area (Å²) in [6, 6.07) is 2.76. The summed E-state index contributed by atoms with van der Waals surface area (Å²) in [6.45, 7) is 5.42. The number of nitrogens with zero attached hydrogens (tertiary/aromatic N) is 3. The van der Waals surface area contributed by atoms with Crippen LogP contribution in [0.5, 0.6) is 0 Å². The van der Waals surface area contributed by atoms with Crippen LogP contribution in [0.25, 0.3) is 10.2 Å². The van der Waals surface area contributed by atoms with Crippen LogP contribution in [-0.4, -0.2) is 52.8 Å². The second kappa shape index (κ2) is 10.4. The molecule has 2 atom stereocenters. The number of amides is 1. The normalized spacial score (nSPS) is 19.7. The van der Waals surface area contributed by atoms with Gasteiger partial charge in [0.05, 0.1) is 23.3 Å². The molecule has 1 aliphatic heterocycles. The number of fused-ring (bicyclic) bond motifs is 3. The Morgan fingerprint density at radius 1 is 1.24 bits per heavy atom. The Morgan fingerprint density at radius 2 is 1.97 bits per heavy atom. The molecule has 180 valence electrons. The number of carbonyl (C=O) groups is 1. The summed E-state index contributed by atoms with van der Waals surface area (Å²) in [4.78, 5) is 23.1. The van der Waals surface area contributed by atoms with Gasteiger partial charge < -0.3 is 26.1 Å². The minimum atomic E-state index is -0.464. The maximum absolute atomic E-state index is 14.3. The number of halogens is 1. The van der Waals surface area contributed by atoms with Gasteiger partial charge in [0.1, 0.15) is 22.8 Å². The molecule has 2 aliphatic rings. The summed E-state index contributed by atoms with van der Waals surface area (Å²) in [5, 5.41) is 11.4. The van der Waals surface area contributed by atoms with Gasteiger partial charge in [0.25, 0.3) is 0 Å². The van der Waals surface area contributed by atoms with Crippen molar-refractivity contribution in [3.63, 3.8) is 0 Å². The molecule has 2 unspecified atom stereocenters. The summed E-state index contributed by atoms with van der Waals surface area (Å²) < 4.78 is 19.7. The minimum absolute atomic E-state index is 0.189. The van der Waals surface area contributed by atoms with Crippen LogP contribution in [0.2, 0.25) is 0 Å². The topological polar surface area (TPSA) is 117 Å². The first kappa shape index (κ1) is 24.0. The SMILES string of the molecule is CC1CN(C=O)CC(C)O1.N=Cc1cc(Nc2ncnc3sc4c(c23)CCCC4)c(F)cc1N. The molecule has 1 saturated heterocycles. The van der Waals surface area contributed by atoms with Crippen molar-refractivity contribution in [1.82, 2.24) is 14.9 Å². The third-order valence-corrected chi connectivity index (χ3v) is 7.13. The Labute approximate surface area is 201 Å². The van der Waals surface area contributed by atoms with Gasteiger partial charge in [-0.15, -0.1) is 11.3 Å². The van der Waals surface area contributed by atoms with Crippen LogP contribution < -0.4 is 11.1 Å². The molecule has 10 heteroatoms. The maximum atomic E-state index is 14.3. The molecule has 0 saturated carbocycles. The summed E-state index contributed by atoms with van der Waals surface area (Å²) in [6.07, 6.45) is 8.31. The van der Waals surface area contributed by atoms with E-state index in [1.165, 1.54) is 35.3 Å². The summed E-state index contributed by atoms with van der Waals surface area (Å²) in [5.41, 5.74) is 7.98. The van der Waals surface area contributed by atoms with Gasteiger partial charge in [-0.25, -0.2) is 14.4 Å². The number of ether oxygens (including phenoxy) is 1. The predicted octanol–water partition coefficient (Wildman–Crippen LogP) is 4.28. The van der Waals surface area contributed by atoms with Gasteiger partial charge in [0.2, 0.25) is 6.41 Å². The second-order valence-corrected chi connectivity index (χ2v) is 9.74. The number of nitrogens with one attached hydrogen (secondary N) is 2. The van der Waals surface area contributed by atoms with Gasteiger partial charge in [-0.05, 0) is 57.2 Å². The van der Waals surface area contributed by atoms with Crippen LogP contribution in [0.1, 0.15) is 42.7 Å². The molecule has 2 aromatic heterocycles. The Bertz CT molecular complexity index is 1190. The number of anilines is 3. The van der Waals surface area contributed by atoms with Crippen molar-refractivity contribution in [3.05, 3.63) is 40.3 Å². The first-order valence-electron chi connectivity index (χ1n) is 11.4. The third kappa shape index (κ3) is 5.18. The number of hydrogen-bond acceptors (Lipinski definition) is 8. The number of rotatable bonds is 4. The first-order valence-corrected chi connectivity index (χ1v) is 12.2. The lowest BCUT2D eigenvalue weighted by molar-refractivity contribution is -0.130. The predicted molar refractivity (Wildman–Crippen MR) is 134 cm³/mol. The second-order valence-electron chi connectivity index (χ2n) is 8.66. The van der Waals surface area contributed by atoms with Gasteiger partial charge >= 0.3 is 0 Å². The number of aryl methyl sites for hydroxylation is 2. The molecule has 1 aliphatic carbocycles. The van der Waals surface area contributed by atoms with E-state index in [-0.39, 0.29) is 23.6 Å². The molecule has 4 N–H and O–H groups in total. The smallest absolute Gasteiger partial charge is 0.209 e. The highest BCUT2D eigenvalue weighted by atomic mass is 32.1. The van der Waals surface area contributed by atoms with Crippen molar-refractivity contribution in [3.8, 4) is 0 Å². The van der Waals surface area contributed by atoms with E-state index in [2.05, 4.69) is 15.3 Å². The highest BCUT2D eigenvalue weighted by Gasteiger charge is 2.21. The molecule has 5 rings (SSSR count). The lowest BCUT2D eigenvalue weighted by atomic mass is 9.97. The fraction of sp³-hybridized carbons (Fsp3) is 0.417. The zero-order chi connectivity index (χ0) is 24.2. The molecule has 1 fully saturated rings. The van der Waals surface area contributed by atoms with E-state index in [4.69, 9.17) is 15.9 Å². The van der Waals surface area contributed by atoms with Gasteiger partial charge in [-0.1, -0.05) is 0 Å². The largest absolute Gasteiger partial charge is 0.398 e. The van der Waals surface area contributed by atoms with Crippen LogP contribution in [0, 0.1) is 11.2 Å². The number of hydrogen-bond donors (Lipinski definition) is 3. The zero-order valence-electron chi connectivity index (χ0n) is 19.3. The number of aromatic nitrogens is 2. The standard InChI is InChI=1S/C17H16FN5S.C7H13NO2/c18-11-6-12(20)9(7-19)5-13(11)23-16-15-10-3-1-2-4-14(10)24-17(15)22-8-21-16;1-6-3-8(5-9)4-7(2)10-6/h5-8,19H,1-4,20H2,(H,21,22,23);5-7H,3-4H2,1-2H3. The van der Waals surface area contributed by atoms with E-state index in [0.29, 0.717) is 11.4 Å². The highest BCUT2D eigenvalue weighted by Crippen LogP contribution is 2.39. The van der Waals surface area contributed by atoms with Crippen molar-refractivity contribution in [2.75, 3.05) is 24.1 Å². The van der Waals surface area contributed by atoms with Gasteiger partial charge in [-0.2, -0.15) is 0 Å². The van der Waals surface area contributed by atoms with Crippen molar-refractivity contribution in [1.29, 1.82) is 5.41 Å². The monoisotopic (exact) mass is 484 g/mol. The molecular formula is C24H29FN6O2S. The van der Waals surface area contributed by atoms with Crippen LogP contribution in [0.15, 0.2) is 18.5 Å². The van der Waals surface area contributed by atoms with Crippen molar-refractivity contribution < 1.29 is 13.9 Å². The molecule has 1 aromatic carbocycles. The van der Waals surface area contributed by atoms with Crippen molar-refractivity contribution in [2.24, 2.45) is 0 Å². The summed E-state index contributed by atoms with van der Waals surface area (Å²) in [5.74, 6) is 0.146. The number of nitrogens with two attached hydrogens (primary N) is 1. The quantitative estimate of drug-likeness (QED) is 0.289. The number of carbonyl (C=O) groups excluding carboxylic acids is 1.